The largest absolute Gasteiger partial charge is 0.409 e. The van der Waals surface area contributed by atoms with Gasteiger partial charge in [-0.3, -0.25) is 4.79 Å². The molecule has 1 atom stereocenters. The third-order valence-corrected chi connectivity index (χ3v) is 2.53. The van der Waals surface area contributed by atoms with Crippen LogP contribution in [0.5, 0.6) is 0 Å². The molecule has 0 bridgehead atoms. The van der Waals surface area contributed by atoms with Gasteiger partial charge >= 0.3 is 0 Å². The van der Waals surface area contributed by atoms with Gasteiger partial charge in [0.25, 0.3) is 5.91 Å². The number of hydrogen-bond donors (Lipinski definition) is 3. The Hall–Kier alpha value is -2.24. The number of carbonyl (C=O) groups excluding carboxylic acids is 1. The zero-order valence-electron chi connectivity index (χ0n) is 10.7. The summed E-state index contributed by atoms with van der Waals surface area (Å²) >= 11 is 0. The standard InChI is InChI=1S/C12H18N4O2/c1-8(11(13)15-18)14-12(17)9-5-4-6-10(7-9)16(2)3/h4-8,18H,1-3H3,(H2,13,15)(H,14,17). The van der Waals surface area contributed by atoms with Crippen molar-refractivity contribution in [1.29, 1.82) is 0 Å². The van der Waals surface area contributed by atoms with Crippen molar-refractivity contribution in [2.45, 2.75) is 13.0 Å². The van der Waals surface area contributed by atoms with Crippen molar-refractivity contribution < 1.29 is 10.0 Å². The first kappa shape index (κ1) is 13.8. The van der Waals surface area contributed by atoms with Crippen molar-refractivity contribution in [2.24, 2.45) is 10.9 Å². The van der Waals surface area contributed by atoms with Crippen LogP contribution in [0.25, 0.3) is 0 Å². The maximum Gasteiger partial charge on any atom is 0.251 e. The molecule has 6 heteroatoms. The van der Waals surface area contributed by atoms with E-state index in [0.717, 1.165) is 5.69 Å². The molecule has 4 N–H and O–H groups in total. The second-order valence-electron chi connectivity index (χ2n) is 4.16. The van der Waals surface area contributed by atoms with Crippen LogP contribution in [0.4, 0.5) is 5.69 Å². The summed E-state index contributed by atoms with van der Waals surface area (Å²) in [7, 11) is 3.80. The van der Waals surface area contributed by atoms with Gasteiger partial charge in [-0.15, -0.1) is 0 Å². The molecule has 0 saturated heterocycles. The maximum atomic E-state index is 11.9. The van der Waals surface area contributed by atoms with E-state index in [1.807, 2.05) is 25.1 Å². The minimum atomic E-state index is -0.523. The molecule has 0 aliphatic carbocycles. The summed E-state index contributed by atoms with van der Waals surface area (Å²) in [6.45, 7) is 1.64. The Labute approximate surface area is 106 Å². The first-order chi connectivity index (χ1) is 8.45. The summed E-state index contributed by atoms with van der Waals surface area (Å²) < 4.78 is 0. The zero-order chi connectivity index (χ0) is 13.7. The number of rotatable bonds is 4. The second-order valence-corrected chi connectivity index (χ2v) is 4.16. The van der Waals surface area contributed by atoms with Crippen LogP contribution in [-0.2, 0) is 0 Å². The molecule has 0 saturated carbocycles. The summed E-state index contributed by atoms with van der Waals surface area (Å²) in [6, 6.07) is 6.67. The van der Waals surface area contributed by atoms with E-state index in [9.17, 15) is 4.79 Å². The van der Waals surface area contributed by atoms with Gasteiger partial charge in [-0.2, -0.15) is 0 Å². The van der Waals surface area contributed by atoms with Crippen LogP contribution in [0, 0.1) is 0 Å². The number of carbonyl (C=O) groups is 1. The quantitative estimate of drug-likeness (QED) is 0.316. The molecule has 1 unspecified atom stereocenters. The van der Waals surface area contributed by atoms with Crippen LogP contribution in [0.15, 0.2) is 29.4 Å². The first-order valence-corrected chi connectivity index (χ1v) is 5.51. The number of benzene rings is 1. The van der Waals surface area contributed by atoms with E-state index in [1.165, 1.54) is 0 Å². The van der Waals surface area contributed by atoms with E-state index >= 15 is 0 Å². The maximum absolute atomic E-state index is 11.9. The summed E-state index contributed by atoms with van der Waals surface area (Å²) in [5.41, 5.74) is 6.85. The summed E-state index contributed by atoms with van der Waals surface area (Å²) in [4.78, 5) is 13.8. The van der Waals surface area contributed by atoms with Gasteiger partial charge in [0.15, 0.2) is 5.84 Å². The van der Waals surface area contributed by atoms with Crippen LogP contribution in [0.1, 0.15) is 17.3 Å². The molecule has 18 heavy (non-hydrogen) atoms. The van der Waals surface area contributed by atoms with Gasteiger partial charge < -0.3 is 21.2 Å². The van der Waals surface area contributed by atoms with Crippen molar-refractivity contribution in [2.75, 3.05) is 19.0 Å². The lowest BCUT2D eigenvalue weighted by atomic mass is 10.1. The summed E-state index contributed by atoms with van der Waals surface area (Å²) in [5.74, 6) is -0.301. The van der Waals surface area contributed by atoms with Gasteiger partial charge in [0.2, 0.25) is 0 Å². The first-order valence-electron chi connectivity index (χ1n) is 5.51. The SMILES string of the molecule is CC(NC(=O)c1cccc(N(C)C)c1)/C(N)=N/O. The average Bonchev–Trinajstić information content (AvgIpc) is 2.37. The van der Waals surface area contributed by atoms with Gasteiger partial charge in [0, 0.05) is 25.3 Å². The van der Waals surface area contributed by atoms with E-state index in [1.54, 1.807) is 25.1 Å². The highest BCUT2D eigenvalue weighted by Gasteiger charge is 2.13. The molecule has 1 rings (SSSR count). The number of hydrogen-bond acceptors (Lipinski definition) is 4. The third kappa shape index (κ3) is 3.38. The Morgan fingerprint density at radius 1 is 1.50 bits per heavy atom. The molecule has 98 valence electrons. The second kappa shape index (κ2) is 5.90. The van der Waals surface area contributed by atoms with Crippen molar-refractivity contribution >= 4 is 17.4 Å². The number of oxime groups is 1. The third-order valence-electron chi connectivity index (χ3n) is 2.53. The highest BCUT2D eigenvalue weighted by molar-refractivity contribution is 5.98. The summed E-state index contributed by atoms with van der Waals surface area (Å²) in [5, 5.41) is 14.0. The Bertz CT molecular complexity index is 457. The van der Waals surface area contributed by atoms with Crippen molar-refractivity contribution in [3.05, 3.63) is 29.8 Å². The molecule has 1 amide bonds. The van der Waals surface area contributed by atoms with Crippen LogP contribution < -0.4 is 16.0 Å². The molecule has 0 radical (unpaired) electrons. The Morgan fingerprint density at radius 3 is 2.72 bits per heavy atom. The molecule has 0 fully saturated rings. The van der Waals surface area contributed by atoms with Crippen LogP contribution in [0.2, 0.25) is 0 Å². The van der Waals surface area contributed by atoms with E-state index < -0.39 is 6.04 Å². The van der Waals surface area contributed by atoms with Gasteiger partial charge in [-0.25, -0.2) is 0 Å². The summed E-state index contributed by atoms with van der Waals surface area (Å²) in [6.07, 6.45) is 0. The van der Waals surface area contributed by atoms with Crippen LogP contribution in [0.3, 0.4) is 0 Å². The molecule has 0 aliphatic heterocycles. The molecule has 0 aliphatic rings. The Morgan fingerprint density at radius 2 is 2.17 bits per heavy atom. The number of nitrogens with zero attached hydrogens (tertiary/aromatic N) is 2. The molecular formula is C12H18N4O2. The lowest BCUT2D eigenvalue weighted by molar-refractivity contribution is 0.0948. The van der Waals surface area contributed by atoms with Crippen LogP contribution in [-0.4, -0.2) is 37.1 Å². The highest BCUT2D eigenvalue weighted by atomic mass is 16.4. The van der Waals surface area contributed by atoms with E-state index in [4.69, 9.17) is 10.9 Å². The van der Waals surface area contributed by atoms with E-state index in [0.29, 0.717) is 5.56 Å². The number of nitrogens with one attached hydrogen (secondary N) is 1. The molecule has 0 heterocycles. The van der Waals surface area contributed by atoms with Crippen molar-refractivity contribution in [3.63, 3.8) is 0 Å². The monoisotopic (exact) mass is 250 g/mol. The smallest absolute Gasteiger partial charge is 0.251 e. The zero-order valence-corrected chi connectivity index (χ0v) is 10.7. The van der Waals surface area contributed by atoms with Gasteiger partial charge in [0.05, 0.1) is 6.04 Å². The number of nitrogens with two attached hydrogens (primary N) is 1. The Balaban J connectivity index is 2.82. The highest BCUT2D eigenvalue weighted by Crippen LogP contribution is 2.13. The minimum absolute atomic E-state index is 0.0351. The number of amides is 1. The molecule has 6 nitrogen and oxygen atoms in total. The van der Waals surface area contributed by atoms with E-state index in [-0.39, 0.29) is 11.7 Å². The Kier molecular flexibility index (Phi) is 4.53. The van der Waals surface area contributed by atoms with Crippen LogP contribution >= 0.6 is 0 Å². The molecule has 1 aromatic carbocycles. The number of anilines is 1. The van der Waals surface area contributed by atoms with E-state index in [2.05, 4.69) is 10.5 Å². The van der Waals surface area contributed by atoms with Crippen molar-refractivity contribution in [1.82, 2.24) is 5.32 Å². The van der Waals surface area contributed by atoms with Gasteiger partial charge in [-0.1, -0.05) is 11.2 Å². The number of amidine groups is 1. The van der Waals surface area contributed by atoms with Crippen molar-refractivity contribution in [3.8, 4) is 0 Å². The topological polar surface area (TPSA) is 91.0 Å². The molecule has 1 aromatic rings. The minimum Gasteiger partial charge on any atom is -0.409 e. The lowest BCUT2D eigenvalue weighted by Crippen LogP contribution is -2.42. The molecule has 0 spiro atoms. The van der Waals surface area contributed by atoms with Gasteiger partial charge in [-0.05, 0) is 25.1 Å². The fourth-order valence-corrected chi connectivity index (χ4v) is 1.37. The fraction of sp³-hybridized carbons (Fsp3) is 0.333. The molecule has 0 aromatic heterocycles. The normalized spacial score (nSPS) is 12.9. The predicted molar refractivity (Wildman–Crippen MR) is 71.1 cm³/mol. The lowest BCUT2D eigenvalue weighted by Gasteiger charge is -2.15. The average molecular weight is 250 g/mol. The predicted octanol–water partition coefficient (Wildman–Crippen LogP) is 0.617. The molecular weight excluding hydrogens is 232 g/mol. The fourth-order valence-electron chi connectivity index (χ4n) is 1.37. The van der Waals surface area contributed by atoms with Gasteiger partial charge in [0.1, 0.15) is 0 Å².